The van der Waals surface area contributed by atoms with Gasteiger partial charge in [0.05, 0.1) is 10.2 Å². The minimum Gasteiger partial charge on any atom is -0.308 e. The number of benzene rings is 1. The molecule has 1 aromatic carbocycles. The summed E-state index contributed by atoms with van der Waals surface area (Å²) in [7, 11) is 0. The van der Waals surface area contributed by atoms with Gasteiger partial charge in [0.2, 0.25) is 0 Å². The summed E-state index contributed by atoms with van der Waals surface area (Å²) >= 11 is 1.82. The Morgan fingerprint density at radius 3 is 2.81 bits per heavy atom. The van der Waals surface area contributed by atoms with Crippen LogP contribution in [0, 0.1) is 13.8 Å². The largest absolute Gasteiger partial charge is 0.308 e. The molecule has 1 fully saturated rings. The Kier molecular flexibility index (Phi) is 2.45. The smallest absolute Gasteiger partial charge is 0.108 e. The highest BCUT2D eigenvalue weighted by Gasteiger charge is 2.20. The second-order valence-electron chi connectivity index (χ2n) is 4.67. The summed E-state index contributed by atoms with van der Waals surface area (Å²) in [6, 6.07) is 5.21. The third kappa shape index (κ3) is 1.97. The summed E-state index contributed by atoms with van der Waals surface area (Å²) in [5.41, 5.74) is 3.85. The fraction of sp³-hybridized carbons (Fsp3) is 0.462. The molecule has 0 amide bonds. The Labute approximate surface area is 99.7 Å². The quantitative estimate of drug-likeness (QED) is 0.879. The van der Waals surface area contributed by atoms with Crippen LogP contribution in [0.25, 0.3) is 10.2 Å². The zero-order valence-corrected chi connectivity index (χ0v) is 10.5. The summed E-state index contributed by atoms with van der Waals surface area (Å²) in [5.74, 6) is 0. The maximum atomic E-state index is 4.67. The van der Waals surface area contributed by atoms with Crippen molar-refractivity contribution in [3.63, 3.8) is 0 Å². The summed E-state index contributed by atoms with van der Waals surface area (Å²) in [6.45, 7) is 5.25. The van der Waals surface area contributed by atoms with Crippen LogP contribution in [-0.4, -0.2) is 11.0 Å². The topological polar surface area (TPSA) is 24.9 Å². The Morgan fingerprint density at radius 2 is 2.06 bits per heavy atom. The third-order valence-electron chi connectivity index (χ3n) is 3.17. The van der Waals surface area contributed by atoms with Crippen LogP contribution in [0.2, 0.25) is 0 Å². The first-order valence-electron chi connectivity index (χ1n) is 5.82. The lowest BCUT2D eigenvalue weighted by atomic mass is 10.1. The van der Waals surface area contributed by atoms with Crippen molar-refractivity contribution in [2.24, 2.45) is 0 Å². The second-order valence-corrected chi connectivity index (χ2v) is 5.78. The molecule has 1 heterocycles. The normalized spacial score (nSPS) is 15.9. The average molecular weight is 232 g/mol. The van der Waals surface area contributed by atoms with Crippen molar-refractivity contribution in [2.45, 2.75) is 39.3 Å². The number of hydrogen-bond donors (Lipinski definition) is 1. The molecule has 3 heteroatoms. The van der Waals surface area contributed by atoms with Crippen LogP contribution in [0.5, 0.6) is 0 Å². The van der Waals surface area contributed by atoms with Crippen molar-refractivity contribution in [1.82, 2.24) is 10.3 Å². The van der Waals surface area contributed by atoms with E-state index in [9.17, 15) is 0 Å². The summed E-state index contributed by atoms with van der Waals surface area (Å²) in [6.07, 6.45) is 2.67. The molecule has 0 spiro atoms. The van der Waals surface area contributed by atoms with Gasteiger partial charge in [0.1, 0.15) is 5.01 Å². The molecule has 0 atom stereocenters. The number of hydrogen-bond acceptors (Lipinski definition) is 3. The Hall–Kier alpha value is -0.930. The summed E-state index contributed by atoms with van der Waals surface area (Å²) < 4.78 is 1.32. The van der Waals surface area contributed by atoms with E-state index in [2.05, 4.69) is 36.3 Å². The highest BCUT2D eigenvalue weighted by Crippen LogP contribution is 2.26. The van der Waals surface area contributed by atoms with E-state index < -0.39 is 0 Å². The van der Waals surface area contributed by atoms with Crippen LogP contribution >= 0.6 is 11.3 Å². The van der Waals surface area contributed by atoms with Crippen LogP contribution in [0.4, 0.5) is 0 Å². The fourth-order valence-electron chi connectivity index (χ4n) is 1.82. The SMILES string of the molecule is Cc1cc2nc(CNC3CC3)sc2cc1C. The molecule has 0 saturated heterocycles. The number of nitrogens with zero attached hydrogens (tertiary/aromatic N) is 1. The first-order chi connectivity index (χ1) is 7.72. The van der Waals surface area contributed by atoms with E-state index in [1.165, 1.54) is 33.7 Å². The molecule has 1 saturated carbocycles. The molecule has 0 aliphatic heterocycles. The fourth-order valence-corrected chi connectivity index (χ4v) is 2.82. The molecule has 0 bridgehead atoms. The predicted molar refractivity (Wildman–Crippen MR) is 69.0 cm³/mol. The van der Waals surface area contributed by atoms with Crippen LogP contribution in [0.15, 0.2) is 12.1 Å². The maximum Gasteiger partial charge on any atom is 0.108 e. The zero-order chi connectivity index (χ0) is 11.1. The number of thiazole rings is 1. The number of rotatable bonds is 3. The molecule has 0 unspecified atom stereocenters. The molecule has 2 nitrogen and oxygen atoms in total. The van der Waals surface area contributed by atoms with E-state index in [1.54, 1.807) is 0 Å². The molecule has 1 N–H and O–H groups in total. The molecule has 84 valence electrons. The van der Waals surface area contributed by atoms with Crippen LogP contribution in [0.1, 0.15) is 29.0 Å². The molecule has 0 radical (unpaired) electrons. The standard InChI is InChI=1S/C13H16N2S/c1-8-5-11-12(6-9(8)2)16-13(15-11)7-14-10-3-4-10/h5-6,10,14H,3-4,7H2,1-2H3. The molecule has 1 aliphatic carbocycles. The zero-order valence-electron chi connectivity index (χ0n) is 9.71. The van der Waals surface area contributed by atoms with E-state index in [4.69, 9.17) is 0 Å². The lowest BCUT2D eigenvalue weighted by molar-refractivity contribution is 0.685. The average Bonchev–Trinajstić information content (AvgIpc) is 2.99. The molecule has 3 rings (SSSR count). The third-order valence-corrected chi connectivity index (χ3v) is 4.19. The molecule has 1 aliphatic rings. The predicted octanol–water partition coefficient (Wildman–Crippen LogP) is 3.17. The van der Waals surface area contributed by atoms with Crippen molar-refractivity contribution >= 4 is 21.6 Å². The van der Waals surface area contributed by atoms with Crippen molar-refractivity contribution in [2.75, 3.05) is 0 Å². The number of fused-ring (bicyclic) bond motifs is 1. The van der Waals surface area contributed by atoms with Gasteiger partial charge in [-0.1, -0.05) is 0 Å². The molecule has 1 aromatic heterocycles. The summed E-state index contributed by atoms with van der Waals surface area (Å²) in [4.78, 5) is 4.67. The van der Waals surface area contributed by atoms with Gasteiger partial charge in [0.25, 0.3) is 0 Å². The minimum atomic E-state index is 0.760. The van der Waals surface area contributed by atoms with Gasteiger partial charge in [-0.25, -0.2) is 4.98 Å². The first-order valence-corrected chi connectivity index (χ1v) is 6.64. The van der Waals surface area contributed by atoms with Crippen molar-refractivity contribution in [1.29, 1.82) is 0 Å². The van der Waals surface area contributed by atoms with E-state index >= 15 is 0 Å². The van der Waals surface area contributed by atoms with Crippen LogP contribution < -0.4 is 5.32 Å². The van der Waals surface area contributed by atoms with Gasteiger partial charge >= 0.3 is 0 Å². The molecule has 16 heavy (non-hydrogen) atoms. The molecular weight excluding hydrogens is 216 g/mol. The van der Waals surface area contributed by atoms with Gasteiger partial charge in [-0.3, -0.25) is 0 Å². The lowest BCUT2D eigenvalue weighted by Crippen LogP contribution is -2.14. The van der Waals surface area contributed by atoms with E-state index in [0.717, 1.165) is 18.1 Å². The van der Waals surface area contributed by atoms with Gasteiger partial charge in [0.15, 0.2) is 0 Å². The van der Waals surface area contributed by atoms with Crippen LogP contribution in [0.3, 0.4) is 0 Å². The van der Waals surface area contributed by atoms with E-state index in [0.29, 0.717) is 0 Å². The number of aromatic nitrogens is 1. The Morgan fingerprint density at radius 1 is 1.31 bits per heavy atom. The molecule has 2 aromatic rings. The van der Waals surface area contributed by atoms with Crippen molar-refractivity contribution in [3.8, 4) is 0 Å². The molecular formula is C13H16N2S. The van der Waals surface area contributed by atoms with Crippen molar-refractivity contribution < 1.29 is 0 Å². The summed E-state index contributed by atoms with van der Waals surface area (Å²) in [5, 5.41) is 4.73. The second kappa shape index (κ2) is 3.82. The van der Waals surface area contributed by atoms with Gasteiger partial charge in [-0.2, -0.15) is 0 Å². The van der Waals surface area contributed by atoms with Gasteiger partial charge < -0.3 is 5.32 Å². The van der Waals surface area contributed by atoms with Crippen LogP contribution in [-0.2, 0) is 6.54 Å². The Bertz CT molecular complexity index is 487. The Balaban J connectivity index is 1.89. The lowest BCUT2D eigenvalue weighted by Gasteiger charge is -1.97. The van der Waals surface area contributed by atoms with Crippen molar-refractivity contribution in [3.05, 3.63) is 28.3 Å². The van der Waals surface area contributed by atoms with E-state index in [1.807, 2.05) is 11.3 Å². The van der Waals surface area contributed by atoms with E-state index in [-0.39, 0.29) is 0 Å². The monoisotopic (exact) mass is 232 g/mol. The van der Waals surface area contributed by atoms with Gasteiger partial charge in [-0.05, 0) is 49.9 Å². The van der Waals surface area contributed by atoms with Gasteiger partial charge in [-0.15, -0.1) is 11.3 Å². The van der Waals surface area contributed by atoms with Gasteiger partial charge in [0, 0.05) is 12.6 Å². The number of nitrogens with one attached hydrogen (secondary N) is 1. The highest BCUT2D eigenvalue weighted by molar-refractivity contribution is 7.18. The highest BCUT2D eigenvalue weighted by atomic mass is 32.1. The maximum absolute atomic E-state index is 4.67. The minimum absolute atomic E-state index is 0.760. The number of aryl methyl sites for hydroxylation is 2. The first kappa shape index (κ1) is 10.2.